The zero-order valence-electron chi connectivity index (χ0n) is 11.0. The number of carboxylic acid groups (broad SMARTS) is 1. The van der Waals surface area contributed by atoms with Crippen LogP contribution in [0.2, 0.25) is 0 Å². The van der Waals surface area contributed by atoms with E-state index in [0.29, 0.717) is 18.7 Å². The van der Waals surface area contributed by atoms with Crippen molar-refractivity contribution >= 4 is 27.8 Å². The molecule has 0 radical (unpaired) electrons. The van der Waals surface area contributed by atoms with Gasteiger partial charge in [0.2, 0.25) is 10.0 Å². The van der Waals surface area contributed by atoms with Crippen molar-refractivity contribution in [2.24, 2.45) is 0 Å². The minimum absolute atomic E-state index is 0.115. The lowest BCUT2D eigenvalue weighted by atomic mass is 10.1. The van der Waals surface area contributed by atoms with Crippen LogP contribution >= 0.6 is 11.8 Å². The van der Waals surface area contributed by atoms with Crippen molar-refractivity contribution in [1.29, 1.82) is 0 Å². The fourth-order valence-electron chi connectivity index (χ4n) is 2.10. The van der Waals surface area contributed by atoms with Gasteiger partial charge in [0.1, 0.15) is 0 Å². The minimum atomic E-state index is -3.38. The number of hydrogen-bond acceptors (Lipinski definition) is 4. The molecule has 0 spiro atoms. The average Bonchev–Trinajstić information content (AvgIpc) is 2.67. The summed E-state index contributed by atoms with van der Waals surface area (Å²) in [4.78, 5) is 10.9. The number of thioether (sulfide) groups is 1. The quantitative estimate of drug-likeness (QED) is 0.914. The van der Waals surface area contributed by atoms with Crippen LogP contribution in [-0.2, 0) is 15.8 Å². The molecular formula is C13H17NO4S2. The van der Waals surface area contributed by atoms with E-state index in [0.717, 1.165) is 17.9 Å². The van der Waals surface area contributed by atoms with E-state index in [9.17, 15) is 13.2 Å². The Kier molecular flexibility index (Phi) is 5.06. The fourth-order valence-corrected chi connectivity index (χ4v) is 4.66. The highest BCUT2D eigenvalue weighted by molar-refractivity contribution is 7.99. The van der Waals surface area contributed by atoms with E-state index in [-0.39, 0.29) is 11.3 Å². The molecular weight excluding hydrogens is 298 g/mol. The maximum atomic E-state index is 12.4. The van der Waals surface area contributed by atoms with Crippen LogP contribution in [0, 0.1) is 0 Å². The predicted octanol–water partition coefficient (Wildman–Crippen LogP) is 1.65. The molecule has 0 aliphatic carbocycles. The average molecular weight is 315 g/mol. The monoisotopic (exact) mass is 315 g/mol. The first-order valence-corrected chi connectivity index (χ1v) is 9.13. The minimum Gasteiger partial charge on any atom is -0.478 e. The molecule has 20 heavy (non-hydrogen) atoms. The van der Waals surface area contributed by atoms with Crippen LogP contribution in [0.25, 0.3) is 0 Å². The summed E-state index contributed by atoms with van der Waals surface area (Å²) >= 11 is 1.76. The van der Waals surface area contributed by atoms with Gasteiger partial charge in [-0.25, -0.2) is 17.5 Å². The van der Waals surface area contributed by atoms with E-state index in [1.165, 1.54) is 16.4 Å². The Hall–Kier alpha value is -1.05. The Morgan fingerprint density at radius 1 is 1.30 bits per heavy atom. The van der Waals surface area contributed by atoms with Crippen LogP contribution in [0.1, 0.15) is 22.3 Å². The molecule has 0 amide bonds. The molecule has 0 aromatic heterocycles. The van der Waals surface area contributed by atoms with Crippen LogP contribution in [0.15, 0.2) is 24.3 Å². The van der Waals surface area contributed by atoms with Gasteiger partial charge in [0, 0.05) is 18.8 Å². The number of rotatable bonds is 4. The lowest BCUT2D eigenvalue weighted by Crippen LogP contribution is -2.34. The van der Waals surface area contributed by atoms with Crippen molar-refractivity contribution in [3.8, 4) is 0 Å². The molecule has 0 atom stereocenters. The van der Waals surface area contributed by atoms with Crippen molar-refractivity contribution in [2.45, 2.75) is 12.2 Å². The topological polar surface area (TPSA) is 74.7 Å². The molecule has 1 fully saturated rings. The van der Waals surface area contributed by atoms with Crippen molar-refractivity contribution in [3.05, 3.63) is 35.4 Å². The SMILES string of the molecule is O=C(O)c1cccc(CS(=O)(=O)N2CCCSCC2)c1. The number of aromatic carboxylic acids is 1. The lowest BCUT2D eigenvalue weighted by Gasteiger charge is -2.19. The Labute approximate surface area is 123 Å². The summed E-state index contributed by atoms with van der Waals surface area (Å²) in [5.41, 5.74) is 0.630. The van der Waals surface area contributed by atoms with Gasteiger partial charge in [-0.3, -0.25) is 0 Å². The summed E-state index contributed by atoms with van der Waals surface area (Å²) in [6.07, 6.45) is 0.860. The zero-order chi connectivity index (χ0) is 14.6. The number of carbonyl (C=O) groups is 1. The van der Waals surface area contributed by atoms with Gasteiger partial charge < -0.3 is 5.11 Å². The molecule has 1 aliphatic rings. The number of sulfonamides is 1. The highest BCUT2D eigenvalue weighted by atomic mass is 32.2. The first-order valence-electron chi connectivity index (χ1n) is 6.37. The molecule has 7 heteroatoms. The molecule has 0 unspecified atom stereocenters. The van der Waals surface area contributed by atoms with Gasteiger partial charge in [-0.05, 0) is 29.9 Å². The van der Waals surface area contributed by atoms with Crippen LogP contribution < -0.4 is 0 Å². The number of benzene rings is 1. The molecule has 0 saturated carbocycles. The van der Waals surface area contributed by atoms with Crippen LogP contribution in [0.3, 0.4) is 0 Å². The highest BCUT2D eigenvalue weighted by Crippen LogP contribution is 2.17. The third-order valence-corrected chi connectivity index (χ3v) is 6.00. The smallest absolute Gasteiger partial charge is 0.335 e. The highest BCUT2D eigenvalue weighted by Gasteiger charge is 2.23. The van der Waals surface area contributed by atoms with Crippen molar-refractivity contribution in [1.82, 2.24) is 4.31 Å². The van der Waals surface area contributed by atoms with Crippen LogP contribution in [0.4, 0.5) is 0 Å². The lowest BCUT2D eigenvalue weighted by molar-refractivity contribution is 0.0696. The van der Waals surface area contributed by atoms with Gasteiger partial charge in [-0.15, -0.1) is 0 Å². The van der Waals surface area contributed by atoms with Gasteiger partial charge in [-0.2, -0.15) is 11.8 Å². The van der Waals surface area contributed by atoms with Crippen molar-refractivity contribution in [3.63, 3.8) is 0 Å². The molecule has 1 heterocycles. The second kappa shape index (κ2) is 6.60. The molecule has 1 aliphatic heterocycles. The molecule has 110 valence electrons. The summed E-state index contributed by atoms with van der Waals surface area (Å²) in [6, 6.07) is 6.11. The van der Waals surface area contributed by atoms with E-state index in [4.69, 9.17) is 5.11 Å². The first kappa shape index (κ1) is 15.3. The Balaban J connectivity index is 2.14. The van der Waals surface area contributed by atoms with Crippen LogP contribution in [0.5, 0.6) is 0 Å². The van der Waals surface area contributed by atoms with E-state index >= 15 is 0 Å². The Bertz CT molecular complexity index is 578. The Morgan fingerprint density at radius 2 is 2.10 bits per heavy atom. The summed E-state index contributed by atoms with van der Waals surface area (Å²) in [6.45, 7) is 1.08. The molecule has 1 N–H and O–H groups in total. The molecule has 2 rings (SSSR count). The van der Waals surface area contributed by atoms with E-state index in [1.807, 2.05) is 0 Å². The molecule has 0 bridgehead atoms. The molecule has 1 aromatic rings. The molecule has 5 nitrogen and oxygen atoms in total. The summed E-state index contributed by atoms with van der Waals surface area (Å²) in [5.74, 6) is 0.615. The van der Waals surface area contributed by atoms with Crippen molar-refractivity contribution in [2.75, 3.05) is 24.6 Å². The van der Waals surface area contributed by atoms with E-state index < -0.39 is 16.0 Å². The maximum absolute atomic E-state index is 12.4. The van der Waals surface area contributed by atoms with Gasteiger partial charge in [0.05, 0.1) is 11.3 Å². The maximum Gasteiger partial charge on any atom is 0.335 e. The number of nitrogens with zero attached hydrogens (tertiary/aromatic N) is 1. The van der Waals surface area contributed by atoms with E-state index in [1.54, 1.807) is 23.9 Å². The molecule has 1 aromatic carbocycles. The number of carboxylic acids is 1. The van der Waals surface area contributed by atoms with E-state index in [2.05, 4.69) is 0 Å². The van der Waals surface area contributed by atoms with Gasteiger partial charge in [0.15, 0.2) is 0 Å². The third kappa shape index (κ3) is 3.97. The largest absolute Gasteiger partial charge is 0.478 e. The standard InChI is InChI=1S/C13H17NO4S2/c15-13(16)12-4-1-3-11(9-12)10-20(17,18)14-5-2-7-19-8-6-14/h1,3-4,9H,2,5-8,10H2,(H,15,16). The molecule has 1 saturated heterocycles. The summed E-state index contributed by atoms with van der Waals surface area (Å²) in [7, 11) is -3.38. The number of hydrogen-bond donors (Lipinski definition) is 1. The summed E-state index contributed by atoms with van der Waals surface area (Å²) < 4.78 is 26.2. The summed E-state index contributed by atoms with van der Waals surface area (Å²) in [5, 5.41) is 8.93. The first-order chi connectivity index (χ1) is 9.49. The van der Waals surface area contributed by atoms with Gasteiger partial charge in [-0.1, -0.05) is 12.1 Å². The van der Waals surface area contributed by atoms with Crippen LogP contribution in [-0.4, -0.2) is 48.4 Å². The normalized spacial score (nSPS) is 17.6. The fraction of sp³-hybridized carbons (Fsp3) is 0.462. The Morgan fingerprint density at radius 3 is 2.85 bits per heavy atom. The van der Waals surface area contributed by atoms with Gasteiger partial charge >= 0.3 is 5.97 Å². The predicted molar refractivity (Wildman–Crippen MR) is 79.5 cm³/mol. The third-order valence-electron chi connectivity index (χ3n) is 3.10. The zero-order valence-corrected chi connectivity index (χ0v) is 12.6. The second-order valence-electron chi connectivity index (χ2n) is 4.63. The van der Waals surface area contributed by atoms with Gasteiger partial charge in [0.25, 0.3) is 0 Å². The van der Waals surface area contributed by atoms with Crippen molar-refractivity contribution < 1.29 is 18.3 Å². The second-order valence-corrected chi connectivity index (χ2v) is 7.82.